The van der Waals surface area contributed by atoms with Crippen LogP contribution in [0.15, 0.2) is 30.3 Å². The van der Waals surface area contributed by atoms with Crippen molar-refractivity contribution >= 4 is 17.7 Å². The van der Waals surface area contributed by atoms with E-state index in [0.29, 0.717) is 5.56 Å². The third kappa shape index (κ3) is 5.07. The first kappa shape index (κ1) is 18.8. The number of carbonyl (C=O) groups excluding carboxylic acids is 3. The summed E-state index contributed by atoms with van der Waals surface area (Å²) < 4.78 is 9.48. The first-order valence-electron chi connectivity index (χ1n) is 6.04. The van der Waals surface area contributed by atoms with Crippen LogP contribution in [0.25, 0.3) is 0 Å². The summed E-state index contributed by atoms with van der Waals surface area (Å²) in [5.41, 5.74) is 0.416. The Morgan fingerprint density at radius 1 is 1.00 bits per heavy atom. The van der Waals surface area contributed by atoms with Gasteiger partial charge in [-0.1, -0.05) is 30.3 Å². The molecular formula is C14H16NaO5+. The molecule has 20 heavy (non-hydrogen) atoms. The second-order valence-corrected chi connectivity index (χ2v) is 3.68. The number of benzene rings is 1. The van der Waals surface area contributed by atoms with Gasteiger partial charge >= 0.3 is 41.5 Å². The number of ether oxygens (including phenoxy) is 2. The fourth-order valence-electron chi connectivity index (χ4n) is 1.59. The first-order valence-corrected chi connectivity index (χ1v) is 6.04. The van der Waals surface area contributed by atoms with Crippen LogP contribution in [0.3, 0.4) is 0 Å². The fourth-order valence-corrected chi connectivity index (χ4v) is 1.59. The van der Waals surface area contributed by atoms with Gasteiger partial charge in [0.2, 0.25) is 0 Å². The quantitative estimate of drug-likeness (QED) is 0.275. The van der Waals surface area contributed by atoms with Crippen LogP contribution in [-0.2, 0) is 23.9 Å². The van der Waals surface area contributed by atoms with Gasteiger partial charge in [-0.15, -0.1) is 0 Å². The van der Waals surface area contributed by atoms with E-state index in [9.17, 15) is 14.4 Å². The molecule has 0 aliphatic heterocycles. The Kier molecular flexibility index (Phi) is 9.12. The molecule has 6 heteroatoms. The topological polar surface area (TPSA) is 69.7 Å². The van der Waals surface area contributed by atoms with Gasteiger partial charge in [0, 0.05) is 0 Å². The van der Waals surface area contributed by atoms with Crippen LogP contribution in [0.1, 0.15) is 25.3 Å². The standard InChI is InChI=1S/C14H16O5.Na/c1-3-18-13(16)11(10-8-6-5-7-9-10)12(15)14(17)19-4-2;/h5-9,11H,3-4H2,1-2H3;/q;+1. The maximum Gasteiger partial charge on any atom is 1.00 e. The first-order chi connectivity index (χ1) is 9.11. The van der Waals surface area contributed by atoms with Crippen LogP contribution in [-0.4, -0.2) is 30.9 Å². The molecule has 0 bridgehead atoms. The van der Waals surface area contributed by atoms with E-state index in [4.69, 9.17) is 4.74 Å². The minimum atomic E-state index is -1.26. The second kappa shape index (κ2) is 9.69. The Morgan fingerprint density at radius 2 is 1.55 bits per heavy atom. The zero-order valence-electron chi connectivity index (χ0n) is 11.9. The van der Waals surface area contributed by atoms with Gasteiger partial charge in [-0.05, 0) is 19.4 Å². The second-order valence-electron chi connectivity index (χ2n) is 3.68. The van der Waals surface area contributed by atoms with Crippen molar-refractivity contribution in [3.8, 4) is 0 Å². The molecule has 1 aromatic rings. The Balaban J connectivity index is 0.00000361. The summed E-state index contributed by atoms with van der Waals surface area (Å²) in [6, 6.07) is 8.30. The molecule has 0 aliphatic carbocycles. The molecule has 0 radical (unpaired) electrons. The minimum Gasteiger partial charge on any atom is -0.465 e. The van der Waals surface area contributed by atoms with E-state index < -0.39 is 23.6 Å². The van der Waals surface area contributed by atoms with Crippen LogP contribution in [0.2, 0.25) is 0 Å². The summed E-state index contributed by atoms with van der Waals surface area (Å²) >= 11 is 0. The molecule has 1 rings (SSSR count). The molecule has 0 aliphatic rings. The van der Waals surface area contributed by atoms with Gasteiger partial charge in [-0.3, -0.25) is 9.59 Å². The maximum atomic E-state index is 12.0. The maximum absolute atomic E-state index is 12.0. The van der Waals surface area contributed by atoms with Crippen LogP contribution in [0, 0.1) is 0 Å². The summed E-state index contributed by atoms with van der Waals surface area (Å²) in [4.78, 5) is 35.3. The molecule has 102 valence electrons. The van der Waals surface area contributed by atoms with Crippen LogP contribution in [0.5, 0.6) is 0 Å². The van der Waals surface area contributed by atoms with E-state index in [1.165, 1.54) is 0 Å². The van der Waals surface area contributed by atoms with E-state index in [1.807, 2.05) is 0 Å². The van der Waals surface area contributed by atoms with Crippen molar-refractivity contribution in [2.24, 2.45) is 0 Å². The van der Waals surface area contributed by atoms with Gasteiger partial charge in [0.05, 0.1) is 13.2 Å². The predicted octanol–water partition coefficient (Wildman–Crippen LogP) is -1.53. The van der Waals surface area contributed by atoms with Gasteiger partial charge < -0.3 is 9.47 Å². The molecule has 1 atom stereocenters. The van der Waals surface area contributed by atoms with Crippen molar-refractivity contribution in [2.75, 3.05) is 13.2 Å². The predicted molar refractivity (Wildman–Crippen MR) is 67.5 cm³/mol. The molecule has 0 fully saturated rings. The number of carbonyl (C=O) groups is 3. The number of esters is 2. The molecular weight excluding hydrogens is 271 g/mol. The molecule has 0 N–H and O–H groups in total. The van der Waals surface area contributed by atoms with Crippen LogP contribution >= 0.6 is 0 Å². The van der Waals surface area contributed by atoms with Crippen molar-refractivity contribution in [1.29, 1.82) is 0 Å². The molecule has 0 spiro atoms. The van der Waals surface area contributed by atoms with Crippen molar-refractivity contribution in [3.05, 3.63) is 35.9 Å². The smallest absolute Gasteiger partial charge is 0.465 e. The van der Waals surface area contributed by atoms with E-state index in [1.54, 1.807) is 44.2 Å². The minimum absolute atomic E-state index is 0. The number of rotatable bonds is 6. The molecule has 0 heterocycles. The summed E-state index contributed by atoms with van der Waals surface area (Å²) in [5.74, 6) is -3.94. The van der Waals surface area contributed by atoms with E-state index in [0.717, 1.165) is 0 Å². The Bertz CT molecular complexity index is 458. The van der Waals surface area contributed by atoms with Crippen molar-refractivity contribution < 1.29 is 53.4 Å². The van der Waals surface area contributed by atoms with Crippen LogP contribution in [0.4, 0.5) is 0 Å². The molecule has 0 saturated heterocycles. The Morgan fingerprint density at radius 3 is 2.05 bits per heavy atom. The Hall–Kier alpha value is -1.17. The van der Waals surface area contributed by atoms with Gasteiger partial charge in [0.15, 0.2) is 5.92 Å². The molecule has 1 aromatic carbocycles. The van der Waals surface area contributed by atoms with Crippen molar-refractivity contribution in [3.63, 3.8) is 0 Å². The zero-order chi connectivity index (χ0) is 14.3. The van der Waals surface area contributed by atoms with E-state index in [-0.39, 0.29) is 42.8 Å². The van der Waals surface area contributed by atoms with Crippen molar-refractivity contribution in [2.45, 2.75) is 19.8 Å². The third-order valence-corrected chi connectivity index (χ3v) is 2.39. The zero-order valence-corrected chi connectivity index (χ0v) is 13.9. The number of Topliss-reactive ketones (excluding diaryl/α,β-unsaturated/α-hetero) is 1. The van der Waals surface area contributed by atoms with Gasteiger partial charge in [0.25, 0.3) is 5.78 Å². The van der Waals surface area contributed by atoms with Crippen molar-refractivity contribution in [1.82, 2.24) is 0 Å². The molecule has 0 aromatic heterocycles. The van der Waals surface area contributed by atoms with Crippen LogP contribution < -0.4 is 29.6 Å². The molecule has 0 amide bonds. The average molecular weight is 287 g/mol. The average Bonchev–Trinajstić information content (AvgIpc) is 2.40. The summed E-state index contributed by atoms with van der Waals surface area (Å²) in [6.07, 6.45) is 0. The van der Waals surface area contributed by atoms with Gasteiger partial charge in [-0.25, -0.2) is 4.79 Å². The molecule has 1 unspecified atom stereocenters. The number of ketones is 1. The summed E-state index contributed by atoms with van der Waals surface area (Å²) in [6.45, 7) is 3.44. The Labute approximate surface area is 139 Å². The summed E-state index contributed by atoms with van der Waals surface area (Å²) in [5, 5.41) is 0. The SMILES string of the molecule is CCOC(=O)C(=O)C(C(=O)OCC)c1ccccc1.[Na+]. The molecule has 0 saturated carbocycles. The normalized spacial score (nSPS) is 10.9. The largest absolute Gasteiger partial charge is 1.00 e. The molecule has 5 nitrogen and oxygen atoms in total. The summed E-state index contributed by atoms with van der Waals surface area (Å²) in [7, 11) is 0. The van der Waals surface area contributed by atoms with Gasteiger partial charge in [0.1, 0.15) is 0 Å². The third-order valence-electron chi connectivity index (χ3n) is 2.39. The number of hydrogen-bond acceptors (Lipinski definition) is 5. The fraction of sp³-hybridized carbons (Fsp3) is 0.357. The van der Waals surface area contributed by atoms with E-state index >= 15 is 0 Å². The van der Waals surface area contributed by atoms with Gasteiger partial charge in [-0.2, -0.15) is 0 Å². The van der Waals surface area contributed by atoms with E-state index in [2.05, 4.69) is 4.74 Å². The monoisotopic (exact) mass is 287 g/mol. The number of hydrogen-bond donors (Lipinski definition) is 0.